The Bertz CT molecular complexity index is 471. The second-order valence-corrected chi connectivity index (χ2v) is 6.29. The van der Waals surface area contributed by atoms with Gasteiger partial charge in [-0.2, -0.15) is 0 Å². The van der Waals surface area contributed by atoms with E-state index in [1.54, 1.807) is 0 Å². The zero-order chi connectivity index (χ0) is 15.2. The second-order valence-electron chi connectivity index (χ2n) is 6.29. The Morgan fingerprint density at radius 1 is 1.23 bits per heavy atom. The van der Waals surface area contributed by atoms with Gasteiger partial charge in [0.2, 0.25) is 0 Å². The van der Waals surface area contributed by atoms with Crippen LogP contribution in [0.4, 0.5) is 0 Å². The Kier molecular flexibility index (Phi) is 5.70. The van der Waals surface area contributed by atoms with Crippen molar-refractivity contribution in [3.8, 4) is 5.75 Å². The van der Waals surface area contributed by atoms with Crippen molar-refractivity contribution >= 4 is 0 Å². The molecule has 1 aromatic carbocycles. The van der Waals surface area contributed by atoms with Gasteiger partial charge in [-0.05, 0) is 30.0 Å². The van der Waals surface area contributed by atoms with Crippen LogP contribution >= 0.6 is 0 Å². The van der Waals surface area contributed by atoms with Gasteiger partial charge in [0.1, 0.15) is 5.75 Å². The minimum Gasteiger partial charge on any atom is -0.493 e. The van der Waals surface area contributed by atoms with Crippen LogP contribution in [0, 0.1) is 0 Å². The molecule has 1 fully saturated rings. The number of hydrogen-bond donors (Lipinski definition) is 1. The number of rotatable bonds is 8. The number of nitrogens with zero attached hydrogens (tertiary/aromatic N) is 1. The van der Waals surface area contributed by atoms with Crippen LogP contribution in [0.3, 0.4) is 0 Å². The van der Waals surface area contributed by atoms with Crippen molar-refractivity contribution in [3.63, 3.8) is 0 Å². The fourth-order valence-corrected chi connectivity index (χ4v) is 3.58. The van der Waals surface area contributed by atoms with Gasteiger partial charge in [0.05, 0.1) is 26.4 Å². The number of benzene rings is 1. The molecule has 4 nitrogen and oxygen atoms in total. The SMILES string of the molecule is OCCOCCN(Cc1ccc2c(c1)CCO2)C1CCCC1. The molecule has 122 valence electrons. The van der Waals surface area contributed by atoms with Gasteiger partial charge >= 0.3 is 0 Å². The Morgan fingerprint density at radius 3 is 2.91 bits per heavy atom. The second kappa shape index (κ2) is 7.95. The van der Waals surface area contributed by atoms with Crippen molar-refractivity contribution in [1.29, 1.82) is 0 Å². The fraction of sp³-hybridized carbons (Fsp3) is 0.667. The van der Waals surface area contributed by atoms with Gasteiger partial charge in [0, 0.05) is 25.6 Å². The summed E-state index contributed by atoms with van der Waals surface area (Å²) in [5, 5.41) is 8.82. The van der Waals surface area contributed by atoms with E-state index in [1.807, 2.05) is 0 Å². The first-order valence-electron chi connectivity index (χ1n) is 8.54. The number of ether oxygens (including phenoxy) is 2. The van der Waals surface area contributed by atoms with Crippen LogP contribution in [0.1, 0.15) is 36.8 Å². The maximum Gasteiger partial charge on any atom is 0.122 e. The maximum absolute atomic E-state index is 8.82. The van der Waals surface area contributed by atoms with E-state index in [4.69, 9.17) is 14.6 Å². The van der Waals surface area contributed by atoms with Gasteiger partial charge in [-0.1, -0.05) is 25.0 Å². The first kappa shape index (κ1) is 15.8. The minimum atomic E-state index is 0.105. The van der Waals surface area contributed by atoms with Crippen molar-refractivity contribution in [2.45, 2.75) is 44.7 Å². The summed E-state index contributed by atoms with van der Waals surface area (Å²) in [6, 6.07) is 7.30. The van der Waals surface area contributed by atoms with E-state index in [2.05, 4.69) is 23.1 Å². The van der Waals surface area contributed by atoms with Gasteiger partial charge in [-0.25, -0.2) is 0 Å². The maximum atomic E-state index is 8.82. The van der Waals surface area contributed by atoms with Crippen molar-refractivity contribution in [2.24, 2.45) is 0 Å². The third kappa shape index (κ3) is 4.00. The van der Waals surface area contributed by atoms with Crippen LogP contribution in [-0.2, 0) is 17.7 Å². The highest BCUT2D eigenvalue weighted by Gasteiger charge is 2.23. The molecular formula is C18H27NO3. The van der Waals surface area contributed by atoms with Crippen molar-refractivity contribution in [3.05, 3.63) is 29.3 Å². The molecule has 0 spiro atoms. The molecule has 0 amide bonds. The molecule has 0 bridgehead atoms. The van der Waals surface area contributed by atoms with E-state index >= 15 is 0 Å². The summed E-state index contributed by atoms with van der Waals surface area (Å²) in [7, 11) is 0. The molecule has 0 atom stereocenters. The van der Waals surface area contributed by atoms with E-state index in [0.717, 1.165) is 31.9 Å². The summed E-state index contributed by atoms with van der Waals surface area (Å²) < 4.78 is 11.1. The molecule has 1 aliphatic heterocycles. The van der Waals surface area contributed by atoms with E-state index in [0.29, 0.717) is 19.3 Å². The third-order valence-electron chi connectivity index (χ3n) is 4.74. The summed E-state index contributed by atoms with van der Waals surface area (Å²) in [6.07, 6.45) is 6.32. The van der Waals surface area contributed by atoms with Crippen LogP contribution in [0.5, 0.6) is 5.75 Å². The first-order chi connectivity index (χ1) is 10.9. The van der Waals surface area contributed by atoms with Gasteiger partial charge in [-0.3, -0.25) is 4.90 Å². The molecule has 0 unspecified atom stereocenters. The third-order valence-corrected chi connectivity index (χ3v) is 4.74. The zero-order valence-corrected chi connectivity index (χ0v) is 13.3. The summed E-state index contributed by atoms with van der Waals surface area (Å²) in [5.41, 5.74) is 2.72. The van der Waals surface area contributed by atoms with Crippen molar-refractivity contribution < 1.29 is 14.6 Å². The summed E-state index contributed by atoms with van der Waals surface area (Å²) in [6.45, 7) is 3.99. The Morgan fingerprint density at radius 2 is 2.09 bits per heavy atom. The molecule has 1 aromatic rings. The highest BCUT2D eigenvalue weighted by Crippen LogP contribution is 2.28. The number of hydrogen-bond acceptors (Lipinski definition) is 4. The molecule has 0 radical (unpaired) electrons. The molecule has 1 heterocycles. The minimum absolute atomic E-state index is 0.105. The standard InChI is InChI=1S/C18H27NO3/c20-9-12-21-11-8-19(17-3-1-2-4-17)14-15-5-6-18-16(13-15)7-10-22-18/h5-6,13,17,20H,1-4,7-12,14H2. The highest BCUT2D eigenvalue weighted by atomic mass is 16.5. The lowest BCUT2D eigenvalue weighted by molar-refractivity contribution is 0.0610. The summed E-state index contributed by atoms with van der Waals surface area (Å²) >= 11 is 0. The molecule has 1 aliphatic carbocycles. The quantitative estimate of drug-likeness (QED) is 0.749. The van der Waals surface area contributed by atoms with Gasteiger partial charge < -0.3 is 14.6 Å². The van der Waals surface area contributed by atoms with E-state index in [9.17, 15) is 0 Å². The van der Waals surface area contributed by atoms with Crippen LogP contribution in [0.15, 0.2) is 18.2 Å². The summed E-state index contributed by atoms with van der Waals surface area (Å²) in [5.74, 6) is 1.06. The Balaban J connectivity index is 1.60. The van der Waals surface area contributed by atoms with Crippen molar-refractivity contribution in [1.82, 2.24) is 4.90 Å². The molecule has 2 aliphatic rings. The van der Waals surface area contributed by atoms with Crippen LogP contribution in [-0.4, -0.2) is 49.0 Å². The lowest BCUT2D eigenvalue weighted by Gasteiger charge is -2.29. The Hall–Kier alpha value is -1.10. The van der Waals surface area contributed by atoms with Gasteiger partial charge in [-0.15, -0.1) is 0 Å². The van der Waals surface area contributed by atoms with Crippen LogP contribution in [0.25, 0.3) is 0 Å². The van der Waals surface area contributed by atoms with Gasteiger partial charge in [0.15, 0.2) is 0 Å². The monoisotopic (exact) mass is 305 g/mol. The molecular weight excluding hydrogens is 278 g/mol. The molecule has 1 saturated carbocycles. The van der Waals surface area contributed by atoms with Gasteiger partial charge in [0.25, 0.3) is 0 Å². The number of fused-ring (bicyclic) bond motifs is 1. The van der Waals surface area contributed by atoms with Crippen LogP contribution in [0.2, 0.25) is 0 Å². The molecule has 4 heteroatoms. The van der Waals surface area contributed by atoms with E-state index in [1.165, 1.54) is 36.8 Å². The predicted molar refractivity (Wildman–Crippen MR) is 86.2 cm³/mol. The number of aliphatic hydroxyl groups is 1. The molecule has 3 rings (SSSR count). The predicted octanol–water partition coefficient (Wildman–Crippen LogP) is 2.38. The average Bonchev–Trinajstić information content (AvgIpc) is 3.20. The normalized spacial score (nSPS) is 17.9. The van der Waals surface area contributed by atoms with E-state index in [-0.39, 0.29) is 6.61 Å². The largest absolute Gasteiger partial charge is 0.493 e. The lowest BCUT2D eigenvalue weighted by atomic mass is 10.1. The van der Waals surface area contributed by atoms with Crippen LogP contribution < -0.4 is 4.74 Å². The number of aliphatic hydroxyl groups excluding tert-OH is 1. The summed E-state index contributed by atoms with van der Waals surface area (Å²) in [4.78, 5) is 2.56. The van der Waals surface area contributed by atoms with E-state index < -0.39 is 0 Å². The van der Waals surface area contributed by atoms with Crippen molar-refractivity contribution in [2.75, 3.05) is 33.0 Å². The highest BCUT2D eigenvalue weighted by molar-refractivity contribution is 5.39. The first-order valence-corrected chi connectivity index (χ1v) is 8.54. The molecule has 1 N–H and O–H groups in total. The fourth-order valence-electron chi connectivity index (χ4n) is 3.58. The molecule has 0 saturated heterocycles. The zero-order valence-electron chi connectivity index (χ0n) is 13.3. The molecule has 22 heavy (non-hydrogen) atoms. The average molecular weight is 305 g/mol. The lowest BCUT2D eigenvalue weighted by Crippen LogP contribution is -2.35. The Labute approximate surface area is 133 Å². The smallest absolute Gasteiger partial charge is 0.122 e. The molecule has 0 aromatic heterocycles. The topological polar surface area (TPSA) is 41.9 Å².